The first-order chi connectivity index (χ1) is 14.0. The number of fused-ring (bicyclic) bond motifs is 3. The predicted molar refractivity (Wildman–Crippen MR) is 109 cm³/mol. The average Bonchev–Trinajstić information content (AvgIpc) is 3.17. The maximum atomic E-state index is 13.7. The van der Waals surface area contributed by atoms with E-state index in [0.29, 0.717) is 28.1 Å². The first kappa shape index (κ1) is 17.7. The molecule has 0 spiro atoms. The molecular formula is C21H12BrFN4O2. The van der Waals surface area contributed by atoms with Crippen LogP contribution in [0.4, 0.5) is 10.1 Å². The van der Waals surface area contributed by atoms with Crippen molar-refractivity contribution in [2.24, 2.45) is 0 Å². The third kappa shape index (κ3) is 2.60. The molecule has 0 bridgehead atoms. The minimum absolute atomic E-state index is 0.229. The van der Waals surface area contributed by atoms with E-state index in [2.05, 4.69) is 26.0 Å². The third-order valence-corrected chi connectivity index (χ3v) is 5.39. The molecule has 29 heavy (non-hydrogen) atoms. The average molecular weight is 451 g/mol. The second-order valence-electron chi connectivity index (χ2n) is 6.64. The van der Waals surface area contributed by atoms with Gasteiger partial charge in [0.25, 0.3) is 11.8 Å². The van der Waals surface area contributed by atoms with Crippen LogP contribution in [-0.2, 0) is 0 Å². The summed E-state index contributed by atoms with van der Waals surface area (Å²) in [4.78, 5) is 31.7. The molecule has 4 aromatic rings. The fraction of sp³-hybridized carbons (Fsp3) is 0.0476. The molecule has 2 aromatic carbocycles. The van der Waals surface area contributed by atoms with Crippen molar-refractivity contribution in [1.82, 2.24) is 14.8 Å². The number of hydrogen-bond acceptors (Lipinski definition) is 4. The first-order valence-electron chi connectivity index (χ1n) is 8.74. The SMILES string of the molecule is Cc1nn(-c2cccc(F)c2)c2ncc3c(c12)C(=O)N(c1ccc(Br)cc1)C3=O. The van der Waals surface area contributed by atoms with Crippen molar-refractivity contribution in [3.63, 3.8) is 0 Å². The Balaban J connectivity index is 1.72. The number of hydrogen-bond donors (Lipinski definition) is 0. The highest BCUT2D eigenvalue weighted by Gasteiger charge is 2.40. The molecule has 0 unspecified atom stereocenters. The summed E-state index contributed by atoms with van der Waals surface area (Å²) in [6.07, 6.45) is 1.38. The summed E-state index contributed by atoms with van der Waals surface area (Å²) in [5.74, 6) is -1.26. The van der Waals surface area contributed by atoms with E-state index < -0.39 is 17.6 Å². The van der Waals surface area contributed by atoms with E-state index in [4.69, 9.17) is 0 Å². The van der Waals surface area contributed by atoms with Gasteiger partial charge >= 0.3 is 0 Å². The van der Waals surface area contributed by atoms with Gasteiger partial charge in [0.2, 0.25) is 0 Å². The summed E-state index contributed by atoms with van der Waals surface area (Å²) in [5.41, 5.74) is 2.38. The Morgan fingerprint density at radius 2 is 1.76 bits per heavy atom. The van der Waals surface area contributed by atoms with Crippen molar-refractivity contribution in [1.29, 1.82) is 0 Å². The molecule has 2 aromatic heterocycles. The molecule has 3 heterocycles. The number of carbonyl (C=O) groups excluding carboxylic acids is 2. The third-order valence-electron chi connectivity index (χ3n) is 4.86. The number of amides is 2. The maximum absolute atomic E-state index is 13.7. The second kappa shape index (κ2) is 6.31. The molecule has 0 saturated heterocycles. The number of nitrogens with zero attached hydrogens (tertiary/aromatic N) is 4. The largest absolute Gasteiger partial charge is 0.268 e. The van der Waals surface area contributed by atoms with Gasteiger partial charge in [0.15, 0.2) is 5.65 Å². The van der Waals surface area contributed by atoms with Crippen LogP contribution in [0.15, 0.2) is 59.2 Å². The molecule has 0 N–H and O–H groups in total. The predicted octanol–water partition coefficient (Wildman–Crippen LogP) is 4.43. The molecule has 6 nitrogen and oxygen atoms in total. The van der Waals surface area contributed by atoms with Gasteiger partial charge in [-0.2, -0.15) is 5.10 Å². The molecule has 1 aliphatic rings. The topological polar surface area (TPSA) is 68.1 Å². The monoisotopic (exact) mass is 450 g/mol. The molecule has 0 saturated carbocycles. The molecule has 0 fully saturated rings. The lowest BCUT2D eigenvalue weighted by Gasteiger charge is -2.13. The van der Waals surface area contributed by atoms with Crippen molar-refractivity contribution in [3.8, 4) is 5.69 Å². The standard InChI is InChI=1S/C21H12BrFN4O2/c1-11-17-18-16(20(28)26(21(18)29)14-7-5-12(22)6-8-14)10-24-19(17)27(25-11)15-4-2-3-13(23)9-15/h2-10H,1H3. The van der Waals surface area contributed by atoms with Crippen molar-refractivity contribution in [2.75, 3.05) is 4.90 Å². The summed E-state index contributed by atoms with van der Waals surface area (Å²) < 4.78 is 16.0. The Morgan fingerprint density at radius 1 is 1.00 bits per heavy atom. The molecule has 0 aliphatic carbocycles. The zero-order valence-electron chi connectivity index (χ0n) is 15.1. The number of pyridine rings is 1. The lowest BCUT2D eigenvalue weighted by Crippen LogP contribution is -2.29. The van der Waals surface area contributed by atoms with E-state index in [9.17, 15) is 14.0 Å². The van der Waals surface area contributed by atoms with Crippen LogP contribution in [0.3, 0.4) is 0 Å². The van der Waals surface area contributed by atoms with Crippen LogP contribution in [0.25, 0.3) is 16.7 Å². The molecule has 1 aliphatic heterocycles. The van der Waals surface area contributed by atoms with E-state index in [0.717, 1.165) is 9.37 Å². The van der Waals surface area contributed by atoms with E-state index in [1.807, 2.05) is 0 Å². The summed E-state index contributed by atoms with van der Waals surface area (Å²) in [6, 6.07) is 12.9. The van der Waals surface area contributed by atoms with Crippen LogP contribution in [-0.4, -0.2) is 26.6 Å². The van der Waals surface area contributed by atoms with Gasteiger partial charge in [0, 0.05) is 10.7 Å². The van der Waals surface area contributed by atoms with Gasteiger partial charge in [-0.1, -0.05) is 22.0 Å². The number of halogens is 2. The smallest absolute Gasteiger partial charge is 0.267 e. The fourth-order valence-electron chi connectivity index (χ4n) is 3.57. The molecule has 2 amide bonds. The molecule has 0 atom stereocenters. The van der Waals surface area contributed by atoms with Crippen LogP contribution in [0.1, 0.15) is 26.4 Å². The minimum atomic E-state index is -0.431. The highest BCUT2D eigenvalue weighted by Crippen LogP contribution is 2.34. The quantitative estimate of drug-likeness (QED) is 0.423. The van der Waals surface area contributed by atoms with E-state index >= 15 is 0 Å². The normalized spacial score (nSPS) is 13.4. The Kier molecular flexibility index (Phi) is 3.85. The number of aromatic nitrogens is 3. The molecule has 142 valence electrons. The Hall–Kier alpha value is -3.39. The first-order valence-corrected chi connectivity index (χ1v) is 9.53. The highest BCUT2D eigenvalue weighted by atomic mass is 79.9. The van der Waals surface area contributed by atoms with Gasteiger partial charge in [-0.3, -0.25) is 9.59 Å². The number of anilines is 1. The van der Waals surface area contributed by atoms with E-state index in [1.165, 1.54) is 23.0 Å². The van der Waals surface area contributed by atoms with Gasteiger partial charge in [-0.25, -0.2) is 19.0 Å². The minimum Gasteiger partial charge on any atom is -0.268 e. The summed E-state index contributed by atoms with van der Waals surface area (Å²) >= 11 is 3.35. The summed E-state index contributed by atoms with van der Waals surface area (Å²) in [5, 5.41) is 4.94. The fourth-order valence-corrected chi connectivity index (χ4v) is 3.84. The number of aryl methyl sites for hydroxylation is 1. The van der Waals surface area contributed by atoms with Crippen LogP contribution in [0, 0.1) is 12.7 Å². The number of carbonyl (C=O) groups is 2. The lowest BCUT2D eigenvalue weighted by atomic mass is 10.1. The number of imide groups is 1. The lowest BCUT2D eigenvalue weighted by molar-refractivity contribution is 0.0926. The van der Waals surface area contributed by atoms with E-state index in [-0.39, 0.29) is 11.1 Å². The highest BCUT2D eigenvalue weighted by molar-refractivity contribution is 9.10. The molecule has 5 rings (SSSR count). The zero-order chi connectivity index (χ0) is 20.3. The molecule has 8 heteroatoms. The van der Waals surface area contributed by atoms with Crippen molar-refractivity contribution < 1.29 is 14.0 Å². The van der Waals surface area contributed by atoms with E-state index in [1.54, 1.807) is 43.3 Å². The van der Waals surface area contributed by atoms with Crippen molar-refractivity contribution in [2.45, 2.75) is 6.92 Å². The summed E-state index contributed by atoms with van der Waals surface area (Å²) in [7, 11) is 0. The number of rotatable bonds is 2. The summed E-state index contributed by atoms with van der Waals surface area (Å²) in [6.45, 7) is 1.74. The van der Waals surface area contributed by atoms with Crippen LogP contribution >= 0.6 is 15.9 Å². The molecular weight excluding hydrogens is 439 g/mol. The van der Waals surface area contributed by atoms with Gasteiger partial charge in [0.1, 0.15) is 5.82 Å². The molecule has 0 radical (unpaired) electrons. The maximum Gasteiger partial charge on any atom is 0.267 e. The second-order valence-corrected chi connectivity index (χ2v) is 7.56. The Labute approximate surface area is 172 Å². The van der Waals surface area contributed by atoms with Crippen LogP contribution < -0.4 is 4.90 Å². The zero-order valence-corrected chi connectivity index (χ0v) is 16.6. The van der Waals surface area contributed by atoms with Crippen molar-refractivity contribution >= 4 is 44.5 Å². The Bertz CT molecular complexity index is 1330. The van der Waals surface area contributed by atoms with Gasteiger partial charge in [-0.05, 0) is 49.4 Å². The van der Waals surface area contributed by atoms with Crippen molar-refractivity contribution in [3.05, 3.63) is 81.8 Å². The van der Waals surface area contributed by atoms with Gasteiger partial charge in [-0.15, -0.1) is 0 Å². The number of benzene rings is 2. The van der Waals surface area contributed by atoms with Gasteiger partial charge in [0.05, 0.1) is 33.6 Å². The van der Waals surface area contributed by atoms with Gasteiger partial charge < -0.3 is 0 Å². The van der Waals surface area contributed by atoms with Crippen LogP contribution in [0.5, 0.6) is 0 Å². The Morgan fingerprint density at radius 3 is 2.48 bits per heavy atom. The van der Waals surface area contributed by atoms with Crippen LogP contribution in [0.2, 0.25) is 0 Å².